The molecular weight excluding hydrogens is 335 g/mol. The van der Waals surface area contributed by atoms with E-state index in [0.29, 0.717) is 31.7 Å². The lowest BCUT2D eigenvalue weighted by molar-refractivity contribution is -0.137. The highest BCUT2D eigenvalue weighted by Gasteiger charge is 2.31. The molecule has 1 aromatic carbocycles. The highest BCUT2D eigenvalue weighted by Crippen LogP contribution is 2.32. The summed E-state index contributed by atoms with van der Waals surface area (Å²) in [6.07, 6.45) is -3.90. The number of urea groups is 1. The van der Waals surface area contributed by atoms with Crippen molar-refractivity contribution < 1.29 is 22.7 Å². The third-order valence-electron chi connectivity index (χ3n) is 4.14. The van der Waals surface area contributed by atoms with Gasteiger partial charge in [-0.15, -0.1) is 0 Å². The van der Waals surface area contributed by atoms with Crippen LogP contribution < -0.4 is 11.1 Å². The van der Waals surface area contributed by atoms with Crippen molar-refractivity contribution in [2.45, 2.75) is 39.1 Å². The number of rotatable bonds is 3. The Morgan fingerprint density at radius 3 is 2.72 bits per heavy atom. The number of nitrogens with zero attached hydrogens (tertiary/aromatic N) is 1. The molecule has 1 heterocycles. The first-order chi connectivity index (χ1) is 11.7. The van der Waals surface area contributed by atoms with Crippen molar-refractivity contribution >= 4 is 11.7 Å². The number of alkyl halides is 3. The summed E-state index contributed by atoms with van der Waals surface area (Å²) >= 11 is 0. The van der Waals surface area contributed by atoms with Crippen molar-refractivity contribution in [1.82, 2.24) is 4.90 Å². The minimum absolute atomic E-state index is 0.0419. The molecular formula is C17H24F3N3O2. The van der Waals surface area contributed by atoms with E-state index in [1.165, 1.54) is 6.07 Å². The zero-order valence-corrected chi connectivity index (χ0v) is 14.4. The molecule has 0 bridgehead atoms. The van der Waals surface area contributed by atoms with Crippen LogP contribution in [0.5, 0.6) is 0 Å². The Balaban J connectivity index is 2.16. The molecule has 25 heavy (non-hydrogen) atoms. The van der Waals surface area contributed by atoms with E-state index in [1.54, 1.807) is 4.90 Å². The van der Waals surface area contributed by atoms with Crippen LogP contribution in [0.25, 0.3) is 0 Å². The molecule has 1 aliphatic rings. The summed E-state index contributed by atoms with van der Waals surface area (Å²) in [7, 11) is 0. The lowest BCUT2D eigenvalue weighted by atomic mass is 10.1. The highest BCUT2D eigenvalue weighted by atomic mass is 19.4. The Kier molecular flexibility index (Phi) is 6.29. The second-order valence-electron chi connectivity index (χ2n) is 6.50. The number of nitrogens with two attached hydrogens (primary N) is 1. The normalized spacial score (nSPS) is 19.0. The fourth-order valence-corrected chi connectivity index (χ4v) is 2.69. The zero-order valence-electron chi connectivity index (χ0n) is 14.4. The van der Waals surface area contributed by atoms with Crippen LogP contribution in [0.15, 0.2) is 18.2 Å². The van der Waals surface area contributed by atoms with Crippen LogP contribution in [0.4, 0.5) is 23.7 Å². The average Bonchev–Trinajstić information content (AvgIpc) is 2.80. The summed E-state index contributed by atoms with van der Waals surface area (Å²) in [6, 6.07) is 2.94. The van der Waals surface area contributed by atoms with Crippen molar-refractivity contribution in [2.24, 2.45) is 11.7 Å². The van der Waals surface area contributed by atoms with Crippen LogP contribution >= 0.6 is 0 Å². The van der Waals surface area contributed by atoms with Crippen molar-refractivity contribution in [2.75, 3.05) is 25.0 Å². The molecule has 2 amide bonds. The quantitative estimate of drug-likeness (QED) is 0.869. The molecule has 1 atom stereocenters. The molecule has 8 heteroatoms. The van der Waals surface area contributed by atoms with E-state index in [9.17, 15) is 18.0 Å². The van der Waals surface area contributed by atoms with Gasteiger partial charge in [0.25, 0.3) is 0 Å². The summed E-state index contributed by atoms with van der Waals surface area (Å²) in [5.41, 5.74) is 5.04. The number of hydrogen-bond acceptors (Lipinski definition) is 3. The molecule has 5 nitrogen and oxygen atoms in total. The maximum atomic E-state index is 13.0. The van der Waals surface area contributed by atoms with Crippen LogP contribution in [-0.4, -0.2) is 36.7 Å². The van der Waals surface area contributed by atoms with Gasteiger partial charge in [0, 0.05) is 31.9 Å². The van der Waals surface area contributed by atoms with Crippen LogP contribution in [0.2, 0.25) is 0 Å². The summed E-state index contributed by atoms with van der Waals surface area (Å²) < 4.78 is 44.7. The first-order valence-corrected chi connectivity index (χ1v) is 8.29. The summed E-state index contributed by atoms with van der Waals surface area (Å²) in [5.74, 6) is 0.241. The van der Waals surface area contributed by atoms with Gasteiger partial charge in [0.15, 0.2) is 0 Å². The zero-order chi connectivity index (χ0) is 18.6. The predicted octanol–water partition coefficient (Wildman–Crippen LogP) is 3.44. The molecule has 3 N–H and O–H groups in total. The van der Waals surface area contributed by atoms with Gasteiger partial charge in [0.05, 0.1) is 11.7 Å². The van der Waals surface area contributed by atoms with E-state index in [-0.39, 0.29) is 24.3 Å². The standard InChI is InChI=1S/C17H24F3N3O2/c1-11(2)15-10-23(4-3-5-25-15)16(24)22-14-7-12(9-21)6-13(8-14)17(18,19)20/h6-8,11,15H,3-5,9-10,21H2,1-2H3,(H,22,24). The Labute approximate surface area is 145 Å². The third-order valence-corrected chi connectivity index (χ3v) is 4.14. The molecule has 0 radical (unpaired) electrons. The van der Waals surface area contributed by atoms with Crippen molar-refractivity contribution in [3.8, 4) is 0 Å². The third kappa shape index (κ3) is 5.34. The largest absolute Gasteiger partial charge is 0.416 e. The minimum Gasteiger partial charge on any atom is -0.376 e. The van der Waals surface area contributed by atoms with E-state index in [0.717, 1.165) is 12.1 Å². The maximum absolute atomic E-state index is 13.0. The van der Waals surface area contributed by atoms with E-state index in [4.69, 9.17) is 10.5 Å². The van der Waals surface area contributed by atoms with Crippen molar-refractivity contribution in [3.63, 3.8) is 0 Å². The lowest BCUT2D eigenvalue weighted by Gasteiger charge is -2.26. The average molecular weight is 359 g/mol. The molecule has 1 aliphatic heterocycles. The summed E-state index contributed by atoms with van der Waals surface area (Å²) in [5, 5.41) is 2.56. The van der Waals surface area contributed by atoms with Gasteiger partial charge in [-0.1, -0.05) is 13.8 Å². The molecule has 1 fully saturated rings. The van der Waals surface area contributed by atoms with E-state index in [1.807, 2.05) is 13.8 Å². The van der Waals surface area contributed by atoms with Gasteiger partial charge in [-0.3, -0.25) is 0 Å². The number of carbonyl (C=O) groups is 1. The number of nitrogens with one attached hydrogen (secondary N) is 1. The topological polar surface area (TPSA) is 67.6 Å². The van der Waals surface area contributed by atoms with Gasteiger partial charge in [-0.05, 0) is 36.1 Å². The second kappa shape index (κ2) is 8.05. The second-order valence-corrected chi connectivity index (χ2v) is 6.50. The molecule has 0 spiro atoms. The smallest absolute Gasteiger partial charge is 0.376 e. The van der Waals surface area contributed by atoms with Crippen LogP contribution in [0.3, 0.4) is 0 Å². The van der Waals surface area contributed by atoms with E-state index >= 15 is 0 Å². The van der Waals surface area contributed by atoms with Gasteiger partial charge < -0.3 is 20.7 Å². The Morgan fingerprint density at radius 2 is 2.12 bits per heavy atom. The molecule has 2 rings (SSSR count). The Bertz CT molecular complexity index is 605. The highest BCUT2D eigenvalue weighted by molar-refractivity contribution is 5.89. The van der Waals surface area contributed by atoms with Crippen LogP contribution in [0.1, 0.15) is 31.4 Å². The summed E-state index contributed by atoms with van der Waals surface area (Å²) in [6.45, 7) is 5.44. The molecule has 1 aromatic rings. The van der Waals surface area contributed by atoms with E-state index < -0.39 is 17.8 Å². The van der Waals surface area contributed by atoms with Crippen LogP contribution in [0, 0.1) is 5.92 Å². The van der Waals surface area contributed by atoms with Crippen molar-refractivity contribution in [1.29, 1.82) is 0 Å². The molecule has 1 saturated heterocycles. The number of ether oxygens (including phenoxy) is 1. The molecule has 0 aromatic heterocycles. The van der Waals surface area contributed by atoms with Gasteiger partial charge >= 0.3 is 12.2 Å². The number of anilines is 1. The first kappa shape index (κ1) is 19.5. The Hall–Kier alpha value is -1.80. The van der Waals surface area contributed by atoms with Crippen LogP contribution in [-0.2, 0) is 17.5 Å². The molecule has 140 valence electrons. The fourth-order valence-electron chi connectivity index (χ4n) is 2.69. The number of amides is 2. The number of halogens is 3. The number of benzene rings is 1. The molecule has 1 unspecified atom stereocenters. The van der Waals surface area contributed by atoms with E-state index in [2.05, 4.69) is 5.32 Å². The molecule has 0 aliphatic carbocycles. The lowest BCUT2D eigenvalue weighted by Crippen LogP contribution is -2.41. The fraction of sp³-hybridized carbons (Fsp3) is 0.588. The number of hydrogen-bond donors (Lipinski definition) is 2. The monoisotopic (exact) mass is 359 g/mol. The Morgan fingerprint density at radius 1 is 1.40 bits per heavy atom. The van der Waals surface area contributed by atoms with Crippen molar-refractivity contribution in [3.05, 3.63) is 29.3 Å². The van der Waals surface area contributed by atoms with Gasteiger partial charge in [-0.2, -0.15) is 13.2 Å². The summed E-state index contributed by atoms with van der Waals surface area (Å²) in [4.78, 5) is 14.1. The number of carbonyl (C=O) groups excluding carboxylic acids is 1. The SMILES string of the molecule is CC(C)C1CN(C(=O)Nc2cc(CN)cc(C(F)(F)F)c2)CCCO1. The van der Waals surface area contributed by atoms with Gasteiger partial charge in [0.1, 0.15) is 0 Å². The minimum atomic E-state index is -4.50. The van der Waals surface area contributed by atoms with Gasteiger partial charge in [-0.25, -0.2) is 4.79 Å². The van der Waals surface area contributed by atoms with Gasteiger partial charge in [0.2, 0.25) is 0 Å². The molecule has 0 saturated carbocycles. The maximum Gasteiger partial charge on any atom is 0.416 e. The first-order valence-electron chi connectivity index (χ1n) is 8.29. The predicted molar refractivity (Wildman–Crippen MR) is 89.1 cm³/mol.